The molecule has 0 bridgehead atoms. The Hall–Kier alpha value is -2.06. The summed E-state index contributed by atoms with van der Waals surface area (Å²) in [5, 5.41) is 12.2. The first-order valence-electron chi connectivity index (χ1n) is 6.60. The molecule has 1 aliphatic heterocycles. The molecule has 0 spiro atoms. The second-order valence-electron chi connectivity index (χ2n) is 5.47. The van der Waals surface area contributed by atoms with Crippen molar-refractivity contribution in [2.45, 2.75) is 26.3 Å². The summed E-state index contributed by atoms with van der Waals surface area (Å²) in [7, 11) is 0. The van der Waals surface area contributed by atoms with E-state index in [4.69, 9.17) is 16.9 Å². The molecule has 5 nitrogen and oxygen atoms in total. The third-order valence-electron chi connectivity index (χ3n) is 3.69. The number of carbonyl (C=O) groups excluding carboxylic acids is 2. The van der Waals surface area contributed by atoms with Crippen LogP contribution in [0.2, 0.25) is 5.02 Å². The van der Waals surface area contributed by atoms with E-state index in [2.05, 4.69) is 5.32 Å². The van der Waals surface area contributed by atoms with Gasteiger partial charge in [-0.1, -0.05) is 23.7 Å². The largest absolute Gasteiger partial charge is 0.325 e. The zero-order chi connectivity index (χ0) is 15.8. The lowest BCUT2D eigenvalue weighted by Crippen LogP contribution is -2.41. The molecule has 2 atom stereocenters. The first kappa shape index (κ1) is 15.3. The maximum Gasteiger partial charge on any atom is 0.325 e. The summed E-state index contributed by atoms with van der Waals surface area (Å²) in [6.45, 7) is 5.25. The predicted octanol–water partition coefficient (Wildman–Crippen LogP) is 2.58. The molecule has 1 aromatic rings. The minimum absolute atomic E-state index is 0.0866. The van der Waals surface area contributed by atoms with Crippen molar-refractivity contribution in [3.05, 3.63) is 34.3 Å². The Kier molecular flexibility index (Phi) is 3.93. The predicted molar refractivity (Wildman–Crippen MR) is 78.6 cm³/mol. The van der Waals surface area contributed by atoms with Gasteiger partial charge in [0, 0.05) is 11.6 Å². The SMILES string of the molecule is Cc1cc(C2(C)NC(=O)N(CC(C)C#N)C2=O)ccc1Cl. The van der Waals surface area contributed by atoms with Gasteiger partial charge >= 0.3 is 6.03 Å². The summed E-state index contributed by atoms with van der Waals surface area (Å²) >= 11 is 6.00. The van der Waals surface area contributed by atoms with Crippen LogP contribution in [0.4, 0.5) is 4.79 Å². The number of hydrogen-bond acceptors (Lipinski definition) is 3. The normalized spacial score (nSPS) is 22.9. The van der Waals surface area contributed by atoms with E-state index in [0.29, 0.717) is 10.6 Å². The van der Waals surface area contributed by atoms with E-state index in [0.717, 1.165) is 10.5 Å². The van der Waals surface area contributed by atoms with Crippen molar-refractivity contribution in [3.63, 3.8) is 0 Å². The molecule has 21 heavy (non-hydrogen) atoms. The van der Waals surface area contributed by atoms with Crippen LogP contribution < -0.4 is 5.32 Å². The average molecular weight is 306 g/mol. The molecule has 0 radical (unpaired) electrons. The molecule has 1 saturated heterocycles. The Bertz CT molecular complexity index is 653. The van der Waals surface area contributed by atoms with Crippen LogP contribution in [-0.2, 0) is 10.3 Å². The monoisotopic (exact) mass is 305 g/mol. The minimum Gasteiger partial charge on any atom is -0.319 e. The Morgan fingerprint density at radius 3 is 2.71 bits per heavy atom. The van der Waals surface area contributed by atoms with Crippen LogP contribution >= 0.6 is 11.6 Å². The number of nitrogens with zero attached hydrogens (tertiary/aromatic N) is 2. The molecule has 1 aliphatic rings. The molecule has 110 valence electrons. The summed E-state index contributed by atoms with van der Waals surface area (Å²) in [4.78, 5) is 25.7. The van der Waals surface area contributed by atoms with E-state index in [-0.39, 0.29) is 12.5 Å². The van der Waals surface area contributed by atoms with Gasteiger partial charge in [-0.25, -0.2) is 4.79 Å². The Morgan fingerprint density at radius 2 is 2.14 bits per heavy atom. The quantitative estimate of drug-likeness (QED) is 0.872. The van der Waals surface area contributed by atoms with E-state index in [1.54, 1.807) is 32.0 Å². The van der Waals surface area contributed by atoms with Gasteiger partial charge in [-0.2, -0.15) is 5.26 Å². The number of nitrogens with one attached hydrogen (secondary N) is 1. The lowest BCUT2D eigenvalue weighted by atomic mass is 9.91. The van der Waals surface area contributed by atoms with Crippen molar-refractivity contribution in [2.75, 3.05) is 6.54 Å². The Morgan fingerprint density at radius 1 is 1.48 bits per heavy atom. The zero-order valence-electron chi connectivity index (χ0n) is 12.1. The zero-order valence-corrected chi connectivity index (χ0v) is 12.9. The maximum absolute atomic E-state index is 12.6. The van der Waals surface area contributed by atoms with Crippen LogP contribution in [0.25, 0.3) is 0 Å². The van der Waals surface area contributed by atoms with Crippen LogP contribution in [0.5, 0.6) is 0 Å². The third-order valence-corrected chi connectivity index (χ3v) is 4.11. The highest BCUT2D eigenvalue weighted by Crippen LogP contribution is 2.31. The molecule has 2 rings (SSSR count). The van der Waals surface area contributed by atoms with E-state index < -0.39 is 17.5 Å². The second-order valence-corrected chi connectivity index (χ2v) is 5.87. The summed E-state index contributed by atoms with van der Waals surface area (Å²) < 4.78 is 0. The highest BCUT2D eigenvalue weighted by molar-refractivity contribution is 6.31. The van der Waals surface area contributed by atoms with E-state index in [1.807, 2.05) is 13.0 Å². The maximum atomic E-state index is 12.6. The summed E-state index contributed by atoms with van der Waals surface area (Å²) in [6, 6.07) is 6.77. The number of hydrogen-bond donors (Lipinski definition) is 1. The van der Waals surface area contributed by atoms with E-state index in [9.17, 15) is 9.59 Å². The fourth-order valence-electron chi connectivity index (χ4n) is 2.33. The van der Waals surface area contributed by atoms with Crippen molar-refractivity contribution in [1.82, 2.24) is 10.2 Å². The van der Waals surface area contributed by atoms with Crippen molar-refractivity contribution in [3.8, 4) is 6.07 Å². The minimum atomic E-state index is -1.12. The van der Waals surface area contributed by atoms with Crippen molar-refractivity contribution in [1.29, 1.82) is 5.26 Å². The van der Waals surface area contributed by atoms with Gasteiger partial charge in [0.1, 0.15) is 5.54 Å². The number of carbonyl (C=O) groups is 2. The van der Waals surface area contributed by atoms with Gasteiger partial charge in [0.15, 0.2) is 0 Å². The lowest BCUT2D eigenvalue weighted by molar-refractivity contribution is -0.131. The molecule has 6 heteroatoms. The van der Waals surface area contributed by atoms with Crippen LogP contribution in [-0.4, -0.2) is 23.4 Å². The van der Waals surface area contributed by atoms with Gasteiger partial charge in [0.25, 0.3) is 5.91 Å². The van der Waals surface area contributed by atoms with Crippen LogP contribution in [0.1, 0.15) is 25.0 Å². The number of aryl methyl sites for hydroxylation is 1. The standard InChI is InChI=1S/C15H16ClN3O2/c1-9(7-17)8-19-13(20)15(3,18-14(19)21)11-4-5-12(16)10(2)6-11/h4-6,9H,8H2,1-3H3,(H,18,21). The van der Waals surface area contributed by atoms with E-state index in [1.165, 1.54) is 0 Å². The molecule has 3 amide bonds. The van der Waals surface area contributed by atoms with Gasteiger partial charge < -0.3 is 5.32 Å². The molecule has 1 aromatic carbocycles. The van der Waals surface area contributed by atoms with Crippen molar-refractivity contribution < 1.29 is 9.59 Å². The summed E-state index contributed by atoms with van der Waals surface area (Å²) in [5.41, 5.74) is 0.387. The van der Waals surface area contributed by atoms with Crippen molar-refractivity contribution in [2.24, 2.45) is 5.92 Å². The molecular weight excluding hydrogens is 290 g/mol. The number of nitriles is 1. The van der Waals surface area contributed by atoms with Gasteiger partial charge in [0.2, 0.25) is 0 Å². The molecule has 1 heterocycles. The smallest absolute Gasteiger partial charge is 0.319 e. The highest BCUT2D eigenvalue weighted by atomic mass is 35.5. The topological polar surface area (TPSA) is 73.2 Å². The van der Waals surface area contributed by atoms with Gasteiger partial charge in [-0.3, -0.25) is 9.69 Å². The Labute approximate surface area is 128 Å². The summed E-state index contributed by atoms with van der Waals surface area (Å²) in [6.07, 6.45) is 0. The first-order valence-corrected chi connectivity index (χ1v) is 6.97. The molecule has 1 N–H and O–H groups in total. The number of urea groups is 1. The fraction of sp³-hybridized carbons (Fsp3) is 0.400. The molecule has 1 fully saturated rings. The number of amides is 3. The summed E-state index contributed by atoms with van der Waals surface area (Å²) in [5.74, 6) is -0.759. The average Bonchev–Trinajstić information content (AvgIpc) is 2.66. The van der Waals surface area contributed by atoms with Gasteiger partial charge in [0.05, 0.1) is 12.0 Å². The van der Waals surface area contributed by atoms with Crippen LogP contribution in [0, 0.1) is 24.2 Å². The second kappa shape index (κ2) is 5.38. The molecule has 0 aromatic heterocycles. The lowest BCUT2D eigenvalue weighted by Gasteiger charge is -2.23. The molecule has 2 unspecified atom stereocenters. The fourth-order valence-corrected chi connectivity index (χ4v) is 2.45. The number of halogens is 1. The molecule has 0 saturated carbocycles. The van der Waals surface area contributed by atoms with Crippen LogP contribution in [0.15, 0.2) is 18.2 Å². The highest BCUT2D eigenvalue weighted by Gasteiger charge is 2.49. The van der Waals surface area contributed by atoms with Crippen LogP contribution in [0.3, 0.4) is 0 Å². The van der Waals surface area contributed by atoms with Gasteiger partial charge in [-0.15, -0.1) is 0 Å². The Balaban J connectivity index is 2.36. The molecule has 0 aliphatic carbocycles. The third kappa shape index (κ3) is 2.59. The molecular formula is C15H16ClN3O2. The number of rotatable bonds is 3. The first-order chi connectivity index (χ1) is 9.79. The number of benzene rings is 1. The number of imide groups is 1. The van der Waals surface area contributed by atoms with Crippen molar-refractivity contribution >= 4 is 23.5 Å². The van der Waals surface area contributed by atoms with E-state index >= 15 is 0 Å². The van der Waals surface area contributed by atoms with Gasteiger partial charge in [-0.05, 0) is 38.0 Å².